The van der Waals surface area contributed by atoms with E-state index in [4.69, 9.17) is 11.0 Å². The molecule has 0 atom stereocenters. The Morgan fingerprint density at radius 3 is 2.62 bits per heavy atom. The number of hydrogen-bond donors (Lipinski definition) is 3. The van der Waals surface area contributed by atoms with Crippen molar-refractivity contribution in [3.63, 3.8) is 0 Å². The van der Waals surface area contributed by atoms with E-state index in [1.54, 1.807) is 6.92 Å². The summed E-state index contributed by atoms with van der Waals surface area (Å²) >= 11 is 1.81. The van der Waals surface area contributed by atoms with Gasteiger partial charge in [0.15, 0.2) is 11.5 Å². The molecule has 0 spiro atoms. The first-order chi connectivity index (χ1) is 16.3. The van der Waals surface area contributed by atoms with Gasteiger partial charge < -0.3 is 5.73 Å². The molecule has 4 aromatic rings. The molecule has 0 saturated heterocycles. The molecule has 0 aliphatic rings. The Hall–Kier alpha value is -3.25. The third-order valence-corrected chi connectivity index (χ3v) is 6.66. The molecule has 34 heavy (non-hydrogen) atoms. The van der Waals surface area contributed by atoms with Crippen LogP contribution in [0, 0.1) is 6.92 Å². The fourth-order valence-electron chi connectivity index (χ4n) is 2.88. The van der Waals surface area contributed by atoms with Crippen LogP contribution >= 0.6 is 23.4 Å². The molecule has 2 aromatic carbocycles. The van der Waals surface area contributed by atoms with Crippen molar-refractivity contribution in [3.05, 3.63) is 54.2 Å². The molecule has 0 unspecified atom stereocenters. The summed E-state index contributed by atoms with van der Waals surface area (Å²) in [6, 6.07) is 13.2. The fraction of sp³-hybridized carbons (Fsp3) is 0.0556. The van der Waals surface area contributed by atoms with Gasteiger partial charge >= 0.3 is 0 Å². The van der Waals surface area contributed by atoms with Crippen LogP contribution in [0.1, 0.15) is 5.69 Å². The molecule has 16 heteroatoms. The summed E-state index contributed by atoms with van der Waals surface area (Å²) in [5.41, 5.74) is 7.50. The Morgan fingerprint density at radius 2 is 1.91 bits per heavy atom. The minimum Gasteiger partial charge on any atom is -0.382 e. The van der Waals surface area contributed by atoms with Gasteiger partial charge in [-0.25, -0.2) is 9.94 Å². The highest BCUT2D eigenvalue weighted by molar-refractivity contribution is 7.94. The number of nitrogens with two attached hydrogens (primary N) is 1. The monoisotopic (exact) mass is 521 g/mol. The van der Waals surface area contributed by atoms with Crippen LogP contribution < -0.4 is 5.73 Å². The van der Waals surface area contributed by atoms with Gasteiger partial charge in [-0.1, -0.05) is 46.7 Å². The smallest absolute Gasteiger partial charge is 0.296 e. The summed E-state index contributed by atoms with van der Waals surface area (Å²) < 4.78 is 38.9. The van der Waals surface area contributed by atoms with E-state index in [0.29, 0.717) is 27.6 Å². The van der Waals surface area contributed by atoms with Crippen LogP contribution in [0.3, 0.4) is 0 Å². The predicted molar refractivity (Wildman–Crippen MR) is 123 cm³/mol. The van der Waals surface area contributed by atoms with Gasteiger partial charge in [0.25, 0.3) is 15.2 Å². The van der Waals surface area contributed by atoms with E-state index in [1.165, 1.54) is 23.5 Å². The van der Waals surface area contributed by atoms with Crippen LogP contribution in [-0.2, 0) is 19.5 Å². The molecule has 0 aliphatic heterocycles. The minimum atomic E-state index is -4.64. The lowest BCUT2D eigenvalue weighted by atomic mass is 10.2. The molecule has 0 bridgehead atoms. The maximum absolute atomic E-state index is 11.9. The number of nitrogens with zero attached hydrogens (tertiary/aromatic N) is 6. The standard InChI is InChI=1S/C18H15N7O6S3/c1-10-15(20-22-18-23-21-17(32-18)11-5-3-2-4-6-11)16(19)25(24-10)13-9-12(33-31-30-26)7-8-14(13)34(27,28)29/h2-9,26H,19H2,1H3,(H,27,28,29). The van der Waals surface area contributed by atoms with Crippen LogP contribution in [-0.4, -0.2) is 38.2 Å². The summed E-state index contributed by atoms with van der Waals surface area (Å²) in [5, 5.41) is 33.4. The zero-order valence-electron chi connectivity index (χ0n) is 17.1. The number of rotatable bonds is 8. The molecule has 0 saturated carbocycles. The number of aryl methyl sites for hydroxylation is 1. The third kappa shape index (κ3) is 5.12. The number of aromatic nitrogens is 4. The van der Waals surface area contributed by atoms with Gasteiger partial charge in [-0.05, 0) is 25.1 Å². The predicted octanol–water partition coefficient (Wildman–Crippen LogP) is 4.37. The maximum Gasteiger partial charge on any atom is 0.296 e. The molecule has 4 rings (SSSR count). The summed E-state index contributed by atoms with van der Waals surface area (Å²) in [6.45, 7) is 1.60. The van der Waals surface area contributed by atoms with E-state index in [-0.39, 0.29) is 22.3 Å². The van der Waals surface area contributed by atoms with E-state index in [1.807, 2.05) is 30.3 Å². The Morgan fingerprint density at radius 1 is 1.15 bits per heavy atom. The van der Waals surface area contributed by atoms with Crippen molar-refractivity contribution in [2.75, 3.05) is 5.73 Å². The topological polar surface area (TPSA) is 187 Å². The molecule has 2 aromatic heterocycles. The normalized spacial score (nSPS) is 12.0. The van der Waals surface area contributed by atoms with E-state index in [0.717, 1.165) is 16.3 Å². The Kier molecular flexibility index (Phi) is 6.98. The Balaban J connectivity index is 1.70. The highest BCUT2D eigenvalue weighted by atomic mass is 32.2. The van der Waals surface area contributed by atoms with Crippen molar-refractivity contribution in [2.24, 2.45) is 10.2 Å². The summed E-state index contributed by atoms with van der Waals surface area (Å²) in [5.74, 6) is -0.0413. The van der Waals surface area contributed by atoms with E-state index in [9.17, 15) is 13.0 Å². The van der Waals surface area contributed by atoms with Gasteiger partial charge in [-0.3, -0.25) is 4.55 Å². The highest BCUT2D eigenvalue weighted by Crippen LogP contribution is 2.35. The molecule has 176 valence electrons. The average Bonchev–Trinajstić information content (AvgIpc) is 3.40. The quantitative estimate of drug-likeness (QED) is 0.0981. The molecule has 2 heterocycles. The fourth-order valence-corrected chi connectivity index (χ4v) is 4.59. The van der Waals surface area contributed by atoms with Crippen molar-refractivity contribution < 1.29 is 27.6 Å². The Bertz CT molecular complexity index is 1450. The summed E-state index contributed by atoms with van der Waals surface area (Å²) in [7, 11) is -4.64. The van der Waals surface area contributed by atoms with Crippen molar-refractivity contribution in [2.45, 2.75) is 16.7 Å². The molecule has 4 N–H and O–H groups in total. The number of azo groups is 1. The lowest BCUT2D eigenvalue weighted by Crippen LogP contribution is -2.09. The van der Waals surface area contributed by atoms with Crippen LogP contribution in [0.25, 0.3) is 16.3 Å². The van der Waals surface area contributed by atoms with Crippen molar-refractivity contribution in [1.29, 1.82) is 0 Å². The SMILES string of the molecule is Cc1nn(-c2cc(SOOO)ccc2S(=O)(=O)O)c(N)c1N=Nc1nnc(-c2ccccc2)s1. The van der Waals surface area contributed by atoms with Crippen molar-refractivity contribution >= 4 is 50.1 Å². The number of hydrogen-bond acceptors (Lipinski definition) is 13. The first-order valence-electron chi connectivity index (χ1n) is 9.20. The molecule has 0 radical (unpaired) electrons. The molecule has 0 aliphatic carbocycles. The highest BCUT2D eigenvalue weighted by Gasteiger charge is 2.23. The van der Waals surface area contributed by atoms with Gasteiger partial charge in [-0.2, -0.15) is 13.5 Å². The van der Waals surface area contributed by atoms with E-state index >= 15 is 0 Å². The van der Waals surface area contributed by atoms with Crippen LogP contribution in [0.2, 0.25) is 0 Å². The molecular formula is C18H15N7O6S3. The lowest BCUT2D eigenvalue weighted by Gasteiger charge is -2.10. The Labute approximate surface area is 200 Å². The summed E-state index contributed by atoms with van der Waals surface area (Å²) in [6.07, 6.45) is 0. The third-order valence-electron chi connectivity index (χ3n) is 4.33. The number of nitrogen functional groups attached to an aromatic ring is 1. The van der Waals surface area contributed by atoms with Crippen molar-refractivity contribution in [1.82, 2.24) is 20.0 Å². The average molecular weight is 522 g/mol. The lowest BCUT2D eigenvalue weighted by molar-refractivity contribution is -0.432. The van der Waals surface area contributed by atoms with Crippen molar-refractivity contribution in [3.8, 4) is 16.3 Å². The largest absolute Gasteiger partial charge is 0.382 e. The van der Waals surface area contributed by atoms with Crippen LogP contribution in [0.4, 0.5) is 16.6 Å². The summed E-state index contributed by atoms with van der Waals surface area (Å²) in [4.78, 5) is -0.148. The molecule has 13 nitrogen and oxygen atoms in total. The van der Waals surface area contributed by atoms with E-state index < -0.39 is 15.0 Å². The van der Waals surface area contributed by atoms with Crippen LogP contribution in [0.15, 0.2) is 68.6 Å². The van der Waals surface area contributed by atoms with Gasteiger partial charge in [0.2, 0.25) is 0 Å². The van der Waals surface area contributed by atoms with Gasteiger partial charge in [0, 0.05) is 10.5 Å². The zero-order valence-corrected chi connectivity index (χ0v) is 19.6. The maximum atomic E-state index is 11.9. The van der Waals surface area contributed by atoms with E-state index in [2.05, 4.69) is 34.9 Å². The molecular weight excluding hydrogens is 506 g/mol. The van der Waals surface area contributed by atoms with Gasteiger partial charge in [-0.15, -0.1) is 24.8 Å². The van der Waals surface area contributed by atoms with Crippen LogP contribution in [0.5, 0.6) is 0 Å². The first-order valence-corrected chi connectivity index (χ1v) is 12.2. The second kappa shape index (κ2) is 9.94. The molecule has 0 amide bonds. The number of anilines is 1. The number of benzene rings is 2. The second-order valence-electron chi connectivity index (χ2n) is 6.52. The second-order valence-corrected chi connectivity index (χ2v) is 9.64. The molecule has 0 fully saturated rings. The first kappa shape index (κ1) is 23.9. The van der Waals surface area contributed by atoms with Gasteiger partial charge in [0.1, 0.15) is 9.90 Å². The zero-order chi connectivity index (χ0) is 24.3. The minimum absolute atomic E-state index is 0.0413. The van der Waals surface area contributed by atoms with Gasteiger partial charge in [0.05, 0.1) is 23.4 Å².